The Morgan fingerprint density at radius 1 is 1.24 bits per heavy atom. The fraction of sp³-hybridized carbons (Fsp3) is 0.389. The Bertz CT molecular complexity index is 830. The number of fused-ring (bicyclic) bond motifs is 3. The van der Waals surface area contributed by atoms with Crippen molar-refractivity contribution in [2.75, 3.05) is 33.0 Å². The number of phenols is 1. The highest BCUT2D eigenvalue weighted by Crippen LogP contribution is 2.45. The summed E-state index contributed by atoms with van der Waals surface area (Å²) in [6.07, 6.45) is 1.45. The zero-order chi connectivity index (χ0) is 18.2. The third kappa shape index (κ3) is 3.02. The Balaban J connectivity index is 2.14. The van der Waals surface area contributed by atoms with Crippen LogP contribution in [0.4, 0.5) is 5.82 Å². The first-order chi connectivity index (χ1) is 11.8. The topological polar surface area (TPSA) is 96.9 Å². The van der Waals surface area contributed by atoms with E-state index in [-0.39, 0.29) is 5.75 Å². The van der Waals surface area contributed by atoms with Gasteiger partial charge in [-0.25, -0.2) is 9.97 Å². The van der Waals surface area contributed by atoms with Gasteiger partial charge in [0.05, 0.1) is 11.4 Å². The van der Waals surface area contributed by atoms with Crippen molar-refractivity contribution < 1.29 is 9.94 Å². The second-order valence-corrected chi connectivity index (χ2v) is 6.91. The molecule has 0 radical (unpaired) electrons. The van der Waals surface area contributed by atoms with E-state index in [4.69, 9.17) is 10.6 Å². The molecule has 1 aromatic heterocycles. The van der Waals surface area contributed by atoms with E-state index in [1.54, 1.807) is 12.1 Å². The lowest BCUT2D eigenvalue weighted by Gasteiger charge is -2.34. The Morgan fingerprint density at radius 2 is 2.00 bits per heavy atom. The molecule has 0 amide bonds. The van der Waals surface area contributed by atoms with E-state index in [1.807, 2.05) is 38.9 Å². The summed E-state index contributed by atoms with van der Waals surface area (Å²) in [6.45, 7) is 5.24. The zero-order valence-electron chi connectivity index (χ0n) is 14.9. The molecule has 0 bridgehead atoms. The number of phenolic OH excluding ortho intramolecular Hbond substituents is 1. The Hall–Kier alpha value is -2.67. The number of aromatic nitrogens is 2. The predicted octanol–water partition coefficient (Wildman–Crippen LogP) is 2.00. The first-order valence-electron chi connectivity index (χ1n) is 8.12. The van der Waals surface area contributed by atoms with Crippen molar-refractivity contribution in [1.29, 1.82) is 0 Å². The van der Waals surface area contributed by atoms with Gasteiger partial charge in [-0.3, -0.25) is 0 Å². The molecule has 0 unspecified atom stereocenters. The number of hydrogen-bond donors (Lipinski definition) is 2. The van der Waals surface area contributed by atoms with Crippen LogP contribution in [-0.4, -0.2) is 52.9 Å². The zero-order valence-corrected chi connectivity index (χ0v) is 14.9. The number of nitrogens with zero attached hydrogens (tertiary/aromatic N) is 4. The number of anilines is 1. The number of hydrogen-bond acceptors (Lipinski definition) is 7. The van der Waals surface area contributed by atoms with Gasteiger partial charge in [-0.1, -0.05) is 5.16 Å². The SMILES string of the molecule is CN(C)CCO/N=C1\c2cc(O)ccc2-c2ncnc(N)c2C1(C)C. The van der Waals surface area contributed by atoms with E-state index in [9.17, 15) is 5.11 Å². The molecular formula is C18H23N5O2. The van der Waals surface area contributed by atoms with E-state index >= 15 is 0 Å². The van der Waals surface area contributed by atoms with Crippen molar-refractivity contribution in [3.8, 4) is 17.0 Å². The summed E-state index contributed by atoms with van der Waals surface area (Å²) in [6, 6.07) is 5.14. The highest BCUT2D eigenvalue weighted by atomic mass is 16.6. The lowest BCUT2D eigenvalue weighted by molar-refractivity contribution is 0.124. The van der Waals surface area contributed by atoms with Gasteiger partial charge in [-0.05, 0) is 46.1 Å². The molecule has 132 valence electrons. The molecular weight excluding hydrogens is 318 g/mol. The number of benzene rings is 1. The predicted molar refractivity (Wildman–Crippen MR) is 97.6 cm³/mol. The van der Waals surface area contributed by atoms with Crippen molar-refractivity contribution in [2.45, 2.75) is 19.3 Å². The first-order valence-corrected chi connectivity index (χ1v) is 8.12. The Morgan fingerprint density at radius 3 is 2.72 bits per heavy atom. The van der Waals surface area contributed by atoms with Crippen LogP contribution < -0.4 is 5.73 Å². The number of nitrogen functional groups attached to an aromatic ring is 1. The molecule has 7 nitrogen and oxygen atoms in total. The van der Waals surface area contributed by atoms with E-state index in [0.717, 1.165) is 28.9 Å². The summed E-state index contributed by atoms with van der Waals surface area (Å²) in [5, 5.41) is 14.4. The second kappa shape index (κ2) is 6.33. The van der Waals surface area contributed by atoms with Crippen LogP contribution in [0.1, 0.15) is 25.0 Å². The highest BCUT2D eigenvalue weighted by Gasteiger charge is 2.40. The third-order valence-corrected chi connectivity index (χ3v) is 4.39. The first kappa shape index (κ1) is 17.2. The molecule has 0 spiro atoms. The fourth-order valence-electron chi connectivity index (χ4n) is 3.11. The fourth-order valence-corrected chi connectivity index (χ4v) is 3.11. The number of rotatable bonds is 4. The van der Waals surface area contributed by atoms with Crippen LogP contribution in [-0.2, 0) is 10.3 Å². The minimum atomic E-state index is -0.556. The number of nitrogens with two attached hydrogens (primary N) is 1. The Kier molecular flexibility index (Phi) is 4.34. The van der Waals surface area contributed by atoms with Gasteiger partial charge in [0.15, 0.2) is 0 Å². The number of aromatic hydroxyl groups is 1. The van der Waals surface area contributed by atoms with Crippen LogP contribution >= 0.6 is 0 Å². The van der Waals surface area contributed by atoms with Crippen molar-refractivity contribution in [2.24, 2.45) is 5.16 Å². The minimum absolute atomic E-state index is 0.168. The van der Waals surface area contributed by atoms with Gasteiger partial charge in [0.1, 0.15) is 24.5 Å². The number of oxime groups is 1. The second-order valence-electron chi connectivity index (χ2n) is 6.91. The molecule has 0 fully saturated rings. The molecule has 1 aliphatic rings. The van der Waals surface area contributed by atoms with Crippen molar-refractivity contribution in [3.05, 3.63) is 35.7 Å². The van der Waals surface area contributed by atoms with E-state index in [0.29, 0.717) is 18.1 Å². The molecule has 0 aliphatic heterocycles. The average Bonchev–Trinajstić information content (AvgIpc) is 2.53. The standard InChI is InChI=1S/C18H23N5O2/c1-18(2)14-15(20-10-21-17(14)19)12-6-5-11(24)9-13(12)16(18)22-25-8-7-23(3)4/h5-6,9-10,24H,7-8H2,1-4H3,(H2,19,20,21)/b22-16+. The molecule has 2 aromatic rings. The van der Waals surface area contributed by atoms with Crippen LogP contribution in [0.2, 0.25) is 0 Å². The van der Waals surface area contributed by atoms with Crippen molar-refractivity contribution >= 4 is 11.5 Å². The smallest absolute Gasteiger partial charge is 0.131 e. The monoisotopic (exact) mass is 341 g/mol. The van der Waals surface area contributed by atoms with Crippen LogP contribution in [0.5, 0.6) is 5.75 Å². The van der Waals surface area contributed by atoms with E-state index < -0.39 is 5.41 Å². The van der Waals surface area contributed by atoms with Crippen LogP contribution in [0.15, 0.2) is 29.7 Å². The molecule has 1 aliphatic carbocycles. The molecule has 25 heavy (non-hydrogen) atoms. The molecule has 7 heteroatoms. The Labute approximate surface area is 147 Å². The summed E-state index contributed by atoms with van der Waals surface area (Å²) < 4.78 is 0. The van der Waals surface area contributed by atoms with Crippen molar-refractivity contribution in [3.63, 3.8) is 0 Å². The maximum atomic E-state index is 9.96. The van der Waals surface area contributed by atoms with Gasteiger partial charge >= 0.3 is 0 Å². The third-order valence-electron chi connectivity index (χ3n) is 4.39. The van der Waals surface area contributed by atoms with Gasteiger partial charge in [-0.15, -0.1) is 0 Å². The molecule has 1 aromatic carbocycles. The minimum Gasteiger partial charge on any atom is -0.508 e. The maximum Gasteiger partial charge on any atom is 0.131 e. The van der Waals surface area contributed by atoms with E-state index in [2.05, 4.69) is 15.1 Å². The highest BCUT2D eigenvalue weighted by molar-refractivity contribution is 6.15. The maximum absolute atomic E-state index is 9.96. The lowest BCUT2D eigenvalue weighted by Crippen LogP contribution is -2.36. The summed E-state index contributed by atoms with van der Waals surface area (Å²) in [7, 11) is 3.95. The van der Waals surface area contributed by atoms with Crippen LogP contribution in [0, 0.1) is 0 Å². The molecule has 0 saturated carbocycles. The van der Waals surface area contributed by atoms with Crippen molar-refractivity contribution in [1.82, 2.24) is 14.9 Å². The van der Waals surface area contributed by atoms with Gasteiger partial charge in [-0.2, -0.15) is 0 Å². The molecule has 3 N–H and O–H groups in total. The van der Waals surface area contributed by atoms with Gasteiger partial charge in [0, 0.05) is 28.7 Å². The lowest BCUT2D eigenvalue weighted by atomic mass is 9.70. The van der Waals surface area contributed by atoms with Crippen LogP contribution in [0.3, 0.4) is 0 Å². The van der Waals surface area contributed by atoms with E-state index in [1.165, 1.54) is 6.33 Å². The summed E-state index contributed by atoms with van der Waals surface area (Å²) >= 11 is 0. The van der Waals surface area contributed by atoms with Crippen LogP contribution in [0.25, 0.3) is 11.3 Å². The van der Waals surface area contributed by atoms with Gasteiger partial charge in [0.25, 0.3) is 0 Å². The largest absolute Gasteiger partial charge is 0.508 e. The summed E-state index contributed by atoms with van der Waals surface area (Å²) in [5.41, 5.74) is 9.54. The van der Waals surface area contributed by atoms with Gasteiger partial charge in [0.2, 0.25) is 0 Å². The molecule has 3 rings (SSSR count). The molecule has 0 atom stereocenters. The van der Waals surface area contributed by atoms with Gasteiger partial charge < -0.3 is 20.6 Å². The quantitative estimate of drug-likeness (QED) is 0.652. The number of likely N-dealkylation sites (N-methyl/N-ethyl adjacent to an activating group) is 1. The normalized spacial score (nSPS) is 16.6. The summed E-state index contributed by atoms with van der Waals surface area (Å²) in [4.78, 5) is 16.1. The molecule has 0 saturated heterocycles. The average molecular weight is 341 g/mol. The summed E-state index contributed by atoms with van der Waals surface area (Å²) in [5.74, 6) is 0.593. The molecule has 1 heterocycles.